The summed E-state index contributed by atoms with van der Waals surface area (Å²) in [5, 5.41) is 2.91. The summed E-state index contributed by atoms with van der Waals surface area (Å²) in [7, 11) is 0. The van der Waals surface area contributed by atoms with E-state index in [1.807, 2.05) is 12.1 Å². The first kappa shape index (κ1) is 9.25. The van der Waals surface area contributed by atoms with Crippen molar-refractivity contribution in [3.05, 3.63) is 34.9 Å². The molecular weight excluding hydrogens is 174 g/mol. The van der Waals surface area contributed by atoms with E-state index in [9.17, 15) is 4.79 Å². The highest BCUT2D eigenvalue weighted by Gasteiger charge is 2.30. The Bertz CT molecular complexity index is 393. The van der Waals surface area contributed by atoms with Gasteiger partial charge in [-0.15, -0.1) is 0 Å². The van der Waals surface area contributed by atoms with E-state index >= 15 is 0 Å². The van der Waals surface area contributed by atoms with Crippen LogP contribution in [0.3, 0.4) is 0 Å². The minimum absolute atomic E-state index is 0.0509. The van der Waals surface area contributed by atoms with Gasteiger partial charge in [0.2, 0.25) is 0 Å². The summed E-state index contributed by atoms with van der Waals surface area (Å²) in [6.07, 6.45) is 0. The van der Waals surface area contributed by atoms with Crippen LogP contribution in [0.2, 0.25) is 0 Å². The third-order valence-corrected chi connectivity index (χ3v) is 2.84. The van der Waals surface area contributed by atoms with Gasteiger partial charge in [-0.3, -0.25) is 4.79 Å². The molecule has 0 bridgehead atoms. The van der Waals surface area contributed by atoms with Gasteiger partial charge in [0.1, 0.15) is 0 Å². The molecule has 2 rings (SSSR count). The first-order valence-corrected chi connectivity index (χ1v) is 4.90. The molecular formula is C12H15NO. The predicted molar refractivity (Wildman–Crippen MR) is 56.5 cm³/mol. The monoisotopic (exact) mass is 189 g/mol. The molecule has 0 aliphatic carbocycles. The van der Waals surface area contributed by atoms with Crippen LogP contribution in [0.15, 0.2) is 18.2 Å². The Labute approximate surface area is 84.3 Å². The van der Waals surface area contributed by atoms with Crippen molar-refractivity contribution in [1.29, 1.82) is 0 Å². The number of carbonyl (C=O) groups is 1. The van der Waals surface area contributed by atoms with Crippen LogP contribution < -0.4 is 5.32 Å². The van der Waals surface area contributed by atoms with E-state index in [2.05, 4.69) is 32.2 Å². The summed E-state index contributed by atoms with van der Waals surface area (Å²) in [6.45, 7) is 7.10. The predicted octanol–water partition coefficient (Wildman–Crippen LogP) is 2.02. The Balaban J connectivity index is 2.64. The normalized spacial score (nSPS) is 18.6. The molecule has 0 aromatic heterocycles. The lowest BCUT2D eigenvalue weighted by atomic mass is 9.78. The van der Waals surface area contributed by atoms with E-state index in [0.29, 0.717) is 0 Å². The molecule has 1 heterocycles. The van der Waals surface area contributed by atoms with Crippen molar-refractivity contribution < 1.29 is 4.79 Å². The fourth-order valence-corrected chi connectivity index (χ4v) is 1.91. The third-order valence-electron chi connectivity index (χ3n) is 2.84. The molecule has 0 unspecified atom stereocenters. The van der Waals surface area contributed by atoms with Gasteiger partial charge in [-0.2, -0.15) is 0 Å². The zero-order valence-electron chi connectivity index (χ0n) is 8.85. The van der Waals surface area contributed by atoms with E-state index < -0.39 is 0 Å². The van der Waals surface area contributed by atoms with Gasteiger partial charge >= 0.3 is 0 Å². The second-order valence-electron chi connectivity index (χ2n) is 4.62. The molecule has 0 saturated carbocycles. The first-order chi connectivity index (χ1) is 6.50. The smallest absolute Gasteiger partial charge is 0.251 e. The zero-order valence-corrected chi connectivity index (χ0v) is 8.85. The largest absolute Gasteiger partial charge is 0.351 e. The fraction of sp³-hybridized carbons (Fsp3) is 0.417. The second kappa shape index (κ2) is 2.84. The number of hydrogen-bond acceptors (Lipinski definition) is 1. The van der Waals surface area contributed by atoms with Gasteiger partial charge in [0, 0.05) is 17.5 Å². The first-order valence-electron chi connectivity index (χ1n) is 4.90. The minimum atomic E-state index is 0.0509. The van der Waals surface area contributed by atoms with Gasteiger partial charge in [0.05, 0.1) is 0 Å². The molecule has 1 amide bonds. The lowest BCUT2D eigenvalue weighted by molar-refractivity contribution is 0.0930. The van der Waals surface area contributed by atoms with Crippen LogP contribution in [0.5, 0.6) is 0 Å². The number of amides is 1. The van der Waals surface area contributed by atoms with E-state index in [0.717, 1.165) is 12.1 Å². The molecule has 2 nitrogen and oxygen atoms in total. The van der Waals surface area contributed by atoms with Crippen molar-refractivity contribution >= 4 is 5.91 Å². The Morgan fingerprint density at radius 3 is 2.79 bits per heavy atom. The summed E-state index contributed by atoms with van der Waals surface area (Å²) in [4.78, 5) is 11.6. The van der Waals surface area contributed by atoms with Gasteiger partial charge < -0.3 is 5.32 Å². The van der Waals surface area contributed by atoms with Crippen LogP contribution in [-0.4, -0.2) is 12.5 Å². The van der Waals surface area contributed by atoms with Crippen LogP contribution in [-0.2, 0) is 5.41 Å². The van der Waals surface area contributed by atoms with E-state index in [-0.39, 0.29) is 11.3 Å². The number of nitrogens with one attached hydrogen (secondary N) is 1. The number of carbonyl (C=O) groups excluding carboxylic acids is 1. The van der Waals surface area contributed by atoms with Gasteiger partial charge in [-0.1, -0.05) is 31.5 Å². The van der Waals surface area contributed by atoms with Gasteiger partial charge in [-0.25, -0.2) is 0 Å². The van der Waals surface area contributed by atoms with Crippen LogP contribution in [0.25, 0.3) is 0 Å². The molecule has 1 aromatic rings. The van der Waals surface area contributed by atoms with Crippen LogP contribution >= 0.6 is 0 Å². The maximum Gasteiger partial charge on any atom is 0.251 e. The fourth-order valence-electron chi connectivity index (χ4n) is 1.91. The average Bonchev–Trinajstić information content (AvgIpc) is 2.12. The number of rotatable bonds is 0. The van der Waals surface area contributed by atoms with Crippen molar-refractivity contribution in [2.75, 3.05) is 6.54 Å². The van der Waals surface area contributed by atoms with Crippen molar-refractivity contribution in [3.63, 3.8) is 0 Å². The number of benzene rings is 1. The Morgan fingerprint density at radius 1 is 1.36 bits per heavy atom. The van der Waals surface area contributed by atoms with Crippen LogP contribution in [0.4, 0.5) is 0 Å². The molecule has 0 spiro atoms. The van der Waals surface area contributed by atoms with Gasteiger partial charge in [-0.05, 0) is 18.6 Å². The Morgan fingerprint density at radius 2 is 2.07 bits per heavy atom. The summed E-state index contributed by atoms with van der Waals surface area (Å²) in [6, 6.07) is 6.02. The maximum atomic E-state index is 11.6. The topological polar surface area (TPSA) is 29.1 Å². The lowest BCUT2D eigenvalue weighted by Gasteiger charge is -2.32. The Kier molecular flexibility index (Phi) is 1.88. The molecule has 0 radical (unpaired) electrons. The molecule has 0 saturated heterocycles. The van der Waals surface area contributed by atoms with E-state index in [1.54, 1.807) is 0 Å². The molecule has 0 atom stereocenters. The highest BCUT2D eigenvalue weighted by atomic mass is 16.1. The van der Waals surface area contributed by atoms with Crippen LogP contribution in [0.1, 0.15) is 35.3 Å². The van der Waals surface area contributed by atoms with E-state index in [1.165, 1.54) is 11.1 Å². The van der Waals surface area contributed by atoms with Crippen molar-refractivity contribution in [2.24, 2.45) is 0 Å². The molecule has 1 aliphatic heterocycles. The number of hydrogen-bond donors (Lipinski definition) is 1. The molecule has 1 aromatic carbocycles. The third kappa shape index (κ3) is 1.31. The lowest BCUT2D eigenvalue weighted by Crippen LogP contribution is -2.43. The summed E-state index contributed by atoms with van der Waals surface area (Å²) >= 11 is 0. The zero-order chi connectivity index (χ0) is 10.3. The molecule has 1 N–H and O–H groups in total. The van der Waals surface area contributed by atoms with Gasteiger partial charge in [0.15, 0.2) is 0 Å². The van der Waals surface area contributed by atoms with Crippen molar-refractivity contribution in [2.45, 2.75) is 26.2 Å². The highest BCUT2D eigenvalue weighted by molar-refractivity contribution is 5.97. The summed E-state index contributed by atoms with van der Waals surface area (Å²) in [5.41, 5.74) is 3.26. The van der Waals surface area contributed by atoms with E-state index in [4.69, 9.17) is 0 Å². The Hall–Kier alpha value is -1.31. The highest BCUT2D eigenvalue weighted by Crippen LogP contribution is 2.29. The average molecular weight is 189 g/mol. The SMILES string of the molecule is Cc1ccc2c(c1)C(C)(C)CNC2=O. The number of fused-ring (bicyclic) bond motifs is 1. The second-order valence-corrected chi connectivity index (χ2v) is 4.62. The molecule has 2 heteroatoms. The van der Waals surface area contributed by atoms with Crippen molar-refractivity contribution in [3.8, 4) is 0 Å². The van der Waals surface area contributed by atoms with Crippen LogP contribution in [0, 0.1) is 6.92 Å². The minimum Gasteiger partial charge on any atom is -0.351 e. The molecule has 0 fully saturated rings. The summed E-state index contributed by atoms with van der Waals surface area (Å²) in [5.74, 6) is 0.0549. The molecule has 1 aliphatic rings. The number of aryl methyl sites for hydroxylation is 1. The summed E-state index contributed by atoms with van der Waals surface area (Å²) < 4.78 is 0. The standard InChI is InChI=1S/C12H15NO/c1-8-4-5-9-10(6-8)12(2,3)7-13-11(9)14/h4-6H,7H2,1-3H3,(H,13,14). The molecule has 74 valence electrons. The quantitative estimate of drug-likeness (QED) is 0.664. The maximum absolute atomic E-state index is 11.6. The van der Waals surface area contributed by atoms with Gasteiger partial charge in [0.25, 0.3) is 5.91 Å². The van der Waals surface area contributed by atoms with Crippen molar-refractivity contribution in [1.82, 2.24) is 5.32 Å². The molecule has 14 heavy (non-hydrogen) atoms.